The van der Waals surface area contributed by atoms with E-state index in [-0.39, 0.29) is 17.6 Å². The van der Waals surface area contributed by atoms with Gasteiger partial charge < -0.3 is 5.32 Å². The number of hydrogen-bond acceptors (Lipinski definition) is 2. The van der Waals surface area contributed by atoms with Crippen molar-refractivity contribution in [2.75, 3.05) is 5.33 Å². The SMILES string of the molecule is O=C(NC1CCCCC1CBr)c1ccc(F)cn1. The topological polar surface area (TPSA) is 42.0 Å². The Morgan fingerprint density at radius 2 is 2.22 bits per heavy atom. The van der Waals surface area contributed by atoms with E-state index in [0.717, 1.165) is 30.8 Å². The van der Waals surface area contributed by atoms with Crippen molar-refractivity contribution >= 4 is 21.8 Å². The molecule has 3 nitrogen and oxygen atoms in total. The fraction of sp³-hybridized carbons (Fsp3) is 0.538. The molecule has 0 aliphatic heterocycles. The maximum Gasteiger partial charge on any atom is 0.270 e. The molecule has 0 bridgehead atoms. The van der Waals surface area contributed by atoms with Crippen molar-refractivity contribution in [2.45, 2.75) is 31.7 Å². The fourth-order valence-electron chi connectivity index (χ4n) is 2.33. The molecule has 1 aromatic heterocycles. The molecule has 18 heavy (non-hydrogen) atoms. The first-order valence-electron chi connectivity index (χ1n) is 6.19. The van der Waals surface area contributed by atoms with Gasteiger partial charge in [0.15, 0.2) is 0 Å². The zero-order valence-corrected chi connectivity index (χ0v) is 11.6. The van der Waals surface area contributed by atoms with Crippen molar-refractivity contribution < 1.29 is 9.18 Å². The van der Waals surface area contributed by atoms with Crippen LogP contribution in [0.3, 0.4) is 0 Å². The molecule has 5 heteroatoms. The molecule has 1 heterocycles. The second-order valence-corrected chi connectivity index (χ2v) is 5.29. The Morgan fingerprint density at radius 3 is 2.89 bits per heavy atom. The molecule has 2 atom stereocenters. The lowest BCUT2D eigenvalue weighted by molar-refractivity contribution is 0.0906. The number of pyridine rings is 1. The molecule has 1 saturated carbocycles. The number of rotatable bonds is 3. The van der Waals surface area contributed by atoms with E-state index < -0.39 is 5.82 Å². The van der Waals surface area contributed by atoms with E-state index in [1.807, 2.05) is 0 Å². The number of carbonyl (C=O) groups is 1. The third-order valence-corrected chi connectivity index (χ3v) is 4.22. The molecule has 98 valence electrons. The van der Waals surface area contributed by atoms with Crippen LogP contribution in [0.5, 0.6) is 0 Å². The van der Waals surface area contributed by atoms with Crippen molar-refractivity contribution in [1.82, 2.24) is 10.3 Å². The van der Waals surface area contributed by atoms with Crippen LogP contribution < -0.4 is 5.32 Å². The van der Waals surface area contributed by atoms with Gasteiger partial charge in [-0.15, -0.1) is 0 Å². The Balaban J connectivity index is 1.99. The predicted molar refractivity (Wildman–Crippen MR) is 71.2 cm³/mol. The first-order chi connectivity index (χ1) is 8.70. The normalized spacial score (nSPS) is 23.7. The summed E-state index contributed by atoms with van der Waals surface area (Å²) in [7, 11) is 0. The molecule has 0 spiro atoms. The second-order valence-electron chi connectivity index (χ2n) is 4.64. The molecule has 1 aliphatic rings. The summed E-state index contributed by atoms with van der Waals surface area (Å²) in [4.78, 5) is 15.8. The van der Waals surface area contributed by atoms with E-state index in [9.17, 15) is 9.18 Å². The van der Waals surface area contributed by atoms with Crippen LogP contribution in [0, 0.1) is 11.7 Å². The largest absolute Gasteiger partial charge is 0.348 e. The monoisotopic (exact) mass is 314 g/mol. The summed E-state index contributed by atoms with van der Waals surface area (Å²) in [5.41, 5.74) is 0.273. The average Bonchev–Trinajstić information content (AvgIpc) is 2.40. The number of amides is 1. The van der Waals surface area contributed by atoms with Crippen LogP contribution in [-0.2, 0) is 0 Å². The molecule has 2 unspecified atom stereocenters. The molecule has 0 radical (unpaired) electrons. The third kappa shape index (κ3) is 3.28. The fourth-order valence-corrected chi connectivity index (χ4v) is 3.11. The maximum atomic E-state index is 12.7. The third-order valence-electron chi connectivity index (χ3n) is 3.38. The minimum Gasteiger partial charge on any atom is -0.348 e. The van der Waals surface area contributed by atoms with Crippen molar-refractivity contribution in [3.05, 3.63) is 29.8 Å². The molecule has 1 amide bonds. The second kappa shape index (κ2) is 6.27. The van der Waals surface area contributed by atoms with E-state index >= 15 is 0 Å². The lowest BCUT2D eigenvalue weighted by atomic mass is 9.86. The summed E-state index contributed by atoms with van der Waals surface area (Å²) < 4.78 is 12.7. The number of carbonyl (C=O) groups excluding carboxylic acids is 1. The highest BCUT2D eigenvalue weighted by molar-refractivity contribution is 9.09. The minimum atomic E-state index is -0.428. The van der Waals surface area contributed by atoms with Crippen molar-refractivity contribution in [2.24, 2.45) is 5.92 Å². The van der Waals surface area contributed by atoms with Crippen LogP contribution in [0.2, 0.25) is 0 Å². The van der Waals surface area contributed by atoms with Gasteiger partial charge in [0.1, 0.15) is 11.5 Å². The number of aromatic nitrogens is 1. The highest BCUT2D eigenvalue weighted by Crippen LogP contribution is 2.26. The Hall–Kier alpha value is -0.970. The lowest BCUT2D eigenvalue weighted by Gasteiger charge is -2.30. The number of nitrogens with one attached hydrogen (secondary N) is 1. The molecular formula is C13H16BrFN2O. The van der Waals surface area contributed by atoms with Crippen molar-refractivity contribution in [1.29, 1.82) is 0 Å². The van der Waals surface area contributed by atoms with Gasteiger partial charge in [-0.3, -0.25) is 4.79 Å². The lowest BCUT2D eigenvalue weighted by Crippen LogP contribution is -2.43. The van der Waals surface area contributed by atoms with E-state index in [4.69, 9.17) is 0 Å². The van der Waals surface area contributed by atoms with Gasteiger partial charge in [-0.05, 0) is 30.9 Å². The number of hydrogen-bond donors (Lipinski definition) is 1. The van der Waals surface area contributed by atoms with Crippen LogP contribution in [-0.4, -0.2) is 22.3 Å². The average molecular weight is 315 g/mol. The summed E-state index contributed by atoms with van der Waals surface area (Å²) in [5.74, 6) is -0.168. The smallest absolute Gasteiger partial charge is 0.270 e. The van der Waals surface area contributed by atoms with E-state index in [0.29, 0.717) is 5.92 Å². The van der Waals surface area contributed by atoms with Gasteiger partial charge in [-0.25, -0.2) is 9.37 Å². The Labute approximate surface area is 114 Å². The summed E-state index contributed by atoms with van der Waals surface area (Å²) in [5, 5.41) is 3.90. The molecule has 1 N–H and O–H groups in total. The Bertz CT molecular complexity index is 410. The zero-order chi connectivity index (χ0) is 13.0. The first kappa shape index (κ1) is 13.5. The Kier molecular flexibility index (Phi) is 4.69. The van der Waals surface area contributed by atoms with Crippen LogP contribution in [0.25, 0.3) is 0 Å². The molecule has 1 aliphatic carbocycles. The Morgan fingerprint density at radius 1 is 1.44 bits per heavy atom. The van der Waals surface area contributed by atoms with Gasteiger partial charge in [0.05, 0.1) is 6.20 Å². The molecule has 1 fully saturated rings. The summed E-state index contributed by atoms with van der Waals surface area (Å²) >= 11 is 3.49. The van der Waals surface area contributed by atoms with E-state index in [2.05, 4.69) is 26.2 Å². The number of nitrogens with zero attached hydrogens (tertiary/aromatic N) is 1. The predicted octanol–water partition coefficient (Wildman–Crippen LogP) is 2.90. The molecular weight excluding hydrogens is 299 g/mol. The van der Waals surface area contributed by atoms with Crippen molar-refractivity contribution in [3.8, 4) is 0 Å². The van der Waals surface area contributed by atoms with Gasteiger partial charge in [0, 0.05) is 11.4 Å². The highest BCUT2D eigenvalue weighted by Gasteiger charge is 2.26. The van der Waals surface area contributed by atoms with E-state index in [1.54, 1.807) is 0 Å². The highest BCUT2D eigenvalue weighted by atomic mass is 79.9. The molecule has 0 aromatic carbocycles. The quantitative estimate of drug-likeness (QED) is 0.872. The zero-order valence-electron chi connectivity index (χ0n) is 10.0. The van der Waals surface area contributed by atoms with Gasteiger partial charge in [0.25, 0.3) is 5.91 Å². The van der Waals surface area contributed by atoms with Gasteiger partial charge in [0.2, 0.25) is 0 Å². The summed E-state index contributed by atoms with van der Waals surface area (Å²) in [6.45, 7) is 0. The maximum absolute atomic E-state index is 12.7. The number of alkyl halides is 1. The molecule has 1 aromatic rings. The number of halogens is 2. The summed E-state index contributed by atoms with van der Waals surface area (Å²) in [6.07, 6.45) is 5.57. The molecule has 0 saturated heterocycles. The van der Waals surface area contributed by atoms with Crippen LogP contribution >= 0.6 is 15.9 Å². The van der Waals surface area contributed by atoms with Gasteiger partial charge >= 0.3 is 0 Å². The van der Waals surface area contributed by atoms with Crippen LogP contribution in [0.15, 0.2) is 18.3 Å². The van der Waals surface area contributed by atoms with Crippen LogP contribution in [0.4, 0.5) is 4.39 Å². The van der Waals surface area contributed by atoms with Crippen LogP contribution in [0.1, 0.15) is 36.2 Å². The molecule has 2 rings (SSSR count). The summed E-state index contributed by atoms with van der Waals surface area (Å²) in [6, 6.07) is 2.86. The van der Waals surface area contributed by atoms with Gasteiger partial charge in [-0.2, -0.15) is 0 Å². The minimum absolute atomic E-state index is 0.192. The standard InChI is InChI=1S/C13H16BrFN2O/c14-7-9-3-1-2-4-11(9)17-13(18)12-6-5-10(15)8-16-12/h5-6,8-9,11H,1-4,7H2,(H,17,18). The van der Waals surface area contributed by atoms with E-state index in [1.165, 1.54) is 18.6 Å². The van der Waals surface area contributed by atoms with Crippen molar-refractivity contribution in [3.63, 3.8) is 0 Å². The van der Waals surface area contributed by atoms with Gasteiger partial charge in [-0.1, -0.05) is 28.8 Å². The first-order valence-corrected chi connectivity index (χ1v) is 7.31.